The molecule has 1 aliphatic rings. The van der Waals surface area contributed by atoms with Gasteiger partial charge in [-0.05, 0) is 36.5 Å². The Morgan fingerprint density at radius 1 is 1.42 bits per heavy atom. The van der Waals surface area contributed by atoms with E-state index in [4.69, 9.17) is 0 Å². The van der Waals surface area contributed by atoms with E-state index < -0.39 is 5.82 Å². The summed E-state index contributed by atoms with van der Waals surface area (Å²) in [6, 6.07) is 4.34. The maximum absolute atomic E-state index is 13.2. The fourth-order valence-corrected chi connectivity index (χ4v) is 2.65. The van der Waals surface area contributed by atoms with Gasteiger partial charge in [-0.2, -0.15) is 0 Å². The Balaban J connectivity index is 2.07. The lowest BCUT2D eigenvalue weighted by Gasteiger charge is -2.39. The molecule has 0 aromatic heterocycles. The smallest absolute Gasteiger partial charge is 0.253 e. The van der Waals surface area contributed by atoms with Gasteiger partial charge in [0.05, 0.1) is 0 Å². The molecule has 1 aromatic carbocycles. The molecule has 0 saturated carbocycles. The van der Waals surface area contributed by atoms with Crippen molar-refractivity contribution in [2.45, 2.75) is 38.0 Å². The van der Waals surface area contributed by atoms with E-state index in [2.05, 4.69) is 26.5 Å². The van der Waals surface area contributed by atoms with Gasteiger partial charge in [-0.25, -0.2) is 4.39 Å². The van der Waals surface area contributed by atoms with Crippen LogP contribution in [-0.2, 0) is 0 Å². The maximum atomic E-state index is 13.2. The molecule has 0 radical (unpaired) electrons. The minimum absolute atomic E-state index is 0.0200. The molecule has 2 nitrogen and oxygen atoms in total. The molecule has 0 aliphatic carbocycles. The van der Waals surface area contributed by atoms with Gasteiger partial charge in [-0.1, -0.05) is 20.3 Å². The average molecular weight is 281 g/mol. The normalized spacial score (nSPS) is 18.4. The van der Waals surface area contributed by atoms with Crippen molar-refractivity contribution < 1.29 is 9.18 Å². The van der Waals surface area contributed by atoms with Crippen molar-refractivity contribution in [1.82, 2.24) is 4.90 Å². The summed E-state index contributed by atoms with van der Waals surface area (Å²) in [6.45, 7) is 6.04. The minimum Gasteiger partial charge on any atom is -0.339 e. The molecule has 0 spiro atoms. The lowest BCUT2D eigenvalue weighted by Crippen LogP contribution is -2.41. The van der Waals surface area contributed by atoms with Crippen molar-refractivity contribution in [3.8, 4) is 0 Å². The Kier molecular flexibility index (Phi) is 4.19. The Morgan fingerprint density at radius 2 is 2.05 bits per heavy atom. The van der Waals surface area contributed by atoms with E-state index in [1.807, 2.05) is 4.90 Å². The summed E-state index contributed by atoms with van der Waals surface area (Å²) < 4.78 is 13.2. The molecule has 1 amide bonds. The van der Waals surface area contributed by atoms with Crippen molar-refractivity contribution in [2.75, 3.05) is 13.1 Å². The number of piperidine rings is 1. The molecule has 4 heteroatoms. The molecule has 1 heterocycles. The molecule has 0 bridgehead atoms. The van der Waals surface area contributed by atoms with Crippen molar-refractivity contribution >= 4 is 18.5 Å². The first-order valence-electron chi connectivity index (χ1n) is 6.73. The summed E-state index contributed by atoms with van der Waals surface area (Å²) in [4.78, 5) is 14.4. The van der Waals surface area contributed by atoms with E-state index >= 15 is 0 Å². The van der Waals surface area contributed by atoms with Crippen LogP contribution in [0.1, 0.15) is 43.5 Å². The number of hydrogen-bond donors (Lipinski definition) is 1. The van der Waals surface area contributed by atoms with Gasteiger partial charge in [-0.3, -0.25) is 4.79 Å². The Labute approximate surface area is 119 Å². The quantitative estimate of drug-likeness (QED) is 0.818. The van der Waals surface area contributed by atoms with Gasteiger partial charge in [0.15, 0.2) is 0 Å². The number of rotatable bonds is 2. The molecule has 1 aliphatic heterocycles. The van der Waals surface area contributed by atoms with Crippen LogP contribution < -0.4 is 0 Å². The van der Waals surface area contributed by atoms with Crippen LogP contribution in [0.2, 0.25) is 0 Å². The first-order chi connectivity index (χ1) is 8.95. The molecule has 1 saturated heterocycles. The van der Waals surface area contributed by atoms with Gasteiger partial charge in [0.1, 0.15) is 5.82 Å². The second-order valence-corrected chi connectivity index (χ2v) is 6.10. The molecule has 2 rings (SSSR count). The molecule has 1 fully saturated rings. The van der Waals surface area contributed by atoms with Crippen LogP contribution in [0.3, 0.4) is 0 Å². The number of likely N-dealkylation sites (tertiary alicyclic amines) is 1. The van der Waals surface area contributed by atoms with Crippen LogP contribution in [0.4, 0.5) is 4.39 Å². The summed E-state index contributed by atoms with van der Waals surface area (Å²) in [7, 11) is 0. The molecule has 19 heavy (non-hydrogen) atoms. The summed E-state index contributed by atoms with van der Waals surface area (Å²) in [6.07, 6.45) is 3.21. The topological polar surface area (TPSA) is 20.3 Å². The third-order valence-corrected chi connectivity index (χ3v) is 4.65. The highest BCUT2D eigenvalue weighted by Crippen LogP contribution is 2.34. The van der Waals surface area contributed by atoms with Crippen LogP contribution in [0.15, 0.2) is 23.1 Å². The van der Waals surface area contributed by atoms with Gasteiger partial charge >= 0.3 is 0 Å². The van der Waals surface area contributed by atoms with Gasteiger partial charge < -0.3 is 4.90 Å². The molecule has 0 N–H and O–H groups in total. The zero-order chi connectivity index (χ0) is 14.0. The predicted molar refractivity (Wildman–Crippen MR) is 77.2 cm³/mol. The van der Waals surface area contributed by atoms with Crippen LogP contribution in [0, 0.1) is 11.2 Å². The standard InChI is InChI=1S/C15H20FNOS/c1-3-15(2)6-8-17(9-7-15)14(18)11-4-5-12(16)13(19)10-11/h4-5,10,19H,3,6-9H2,1-2H3. The average Bonchev–Trinajstić information content (AvgIpc) is 2.42. The fraction of sp³-hybridized carbons (Fsp3) is 0.533. The molecule has 0 atom stereocenters. The lowest BCUT2D eigenvalue weighted by molar-refractivity contribution is 0.0600. The fourth-order valence-electron chi connectivity index (χ4n) is 2.43. The molecule has 104 valence electrons. The van der Waals surface area contributed by atoms with Crippen molar-refractivity contribution in [2.24, 2.45) is 5.41 Å². The number of carbonyl (C=O) groups is 1. The van der Waals surface area contributed by atoms with Gasteiger partial charge in [-0.15, -0.1) is 12.6 Å². The highest BCUT2D eigenvalue weighted by molar-refractivity contribution is 7.80. The zero-order valence-corrected chi connectivity index (χ0v) is 12.3. The van der Waals surface area contributed by atoms with Crippen LogP contribution in [0.25, 0.3) is 0 Å². The third kappa shape index (κ3) is 3.11. The maximum Gasteiger partial charge on any atom is 0.253 e. The Hall–Kier alpha value is -1.03. The van der Waals surface area contributed by atoms with Crippen molar-refractivity contribution in [1.29, 1.82) is 0 Å². The van der Waals surface area contributed by atoms with Gasteiger partial charge in [0, 0.05) is 23.5 Å². The first-order valence-corrected chi connectivity index (χ1v) is 7.18. The van der Waals surface area contributed by atoms with Crippen LogP contribution >= 0.6 is 12.6 Å². The van der Waals surface area contributed by atoms with Crippen LogP contribution in [0.5, 0.6) is 0 Å². The van der Waals surface area contributed by atoms with Crippen LogP contribution in [-0.4, -0.2) is 23.9 Å². The summed E-state index contributed by atoms with van der Waals surface area (Å²) in [5.74, 6) is -0.412. The largest absolute Gasteiger partial charge is 0.339 e. The zero-order valence-electron chi connectivity index (χ0n) is 11.4. The first kappa shape index (κ1) is 14.4. The Morgan fingerprint density at radius 3 is 2.58 bits per heavy atom. The second-order valence-electron chi connectivity index (χ2n) is 5.62. The number of carbonyl (C=O) groups excluding carboxylic acids is 1. The van der Waals surface area contributed by atoms with Gasteiger partial charge in [0.2, 0.25) is 0 Å². The number of halogens is 1. The molecule has 0 unspecified atom stereocenters. The summed E-state index contributed by atoms with van der Waals surface area (Å²) in [5.41, 5.74) is 0.875. The molecular formula is C15H20FNOS. The van der Waals surface area contributed by atoms with Crippen molar-refractivity contribution in [3.05, 3.63) is 29.6 Å². The number of thiol groups is 1. The summed E-state index contributed by atoms with van der Waals surface area (Å²) in [5, 5.41) is 0. The number of nitrogens with zero attached hydrogens (tertiary/aromatic N) is 1. The molecular weight excluding hydrogens is 261 g/mol. The number of hydrogen-bond acceptors (Lipinski definition) is 2. The van der Waals surface area contributed by atoms with E-state index in [-0.39, 0.29) is 10.8 Å². The molecule has 1 aromatic rings. The van der Waals surface area contributed by atoms with E-state index in [1.54, 1.807) is 0 Å². The Bertz CT molecular complexity index is 481. The van der Waals surface area contributed by atoms with E-state index in [1.165, 1.54) is 18.2 Å². The number of amides is 1. The monoisotopic (exact) mass is 281 g/mol. The minimum atomic E-state index is -0.392. The highest BCUT2D eigenvalue weighted by atomic mass is 32.1. The highest BCUT2D eigenvalue weighted by Gasteiger charge is 2.30. The van der Waals surface area contributed by atoms with E-state index in [9.17, 15) is 9.18 Å². The van der Waals surface area contributed by atoms with E-state index in [0.717, 1.165) is 32.4 Å². The predicted octanol–water partition coefficient (Wildman–Crippen LogP) is 3.77. The summed E-state index contributed by atoms with van der Waals surface area (Å²) >= 11 is 4.02. The second kappa shape index (κ2) is 5.53. The third-order valence-electron chi connectivity index (χ3n) is 4.30. The lowest BCUT2D eigenvalue weighted by atomic mass is 9.78. The number of benzene rings is 1. The SMILES string of the molecule is CCC1(C)CCN(C(=O)c2ccc(F)c(S)c2)CC1. The van der Waals surface area contributed by atoms with Crippen molar-refractivity contribution in [3.63, 3.8) is 0 Å². The van der Waals surface area contributed by atoms with Gasteiger partial charge in [0.25, 0.3) is 5.91 Å². The van der Waals surface area contributed by atoms with E-state index in [0.29, 0.717) is 11.0 Å².